The van der Waals surface area contributed by atoms with E-state index in [4.69, 9.17) is 10.2 Å². The van der Waals surface area contributed by atoms with Gasteiger partial charge in [0.2, 0.25) is 0 Å². The van der Waals surface area contributed by atoms with Crippen molar-refractivity contribution in [3.8, 4) is 0 Å². The Bertz CT molecular complexity index is 398. The fourth-order valence-corrected chi connectivity index (χ4v) is 3.22. The summed E-state index contributed by atoms with van der Waals surface area (Å²) in [4.78, 5) is 13.3. The third kappa shape index (κ3) is 2.68. The van der Waals surface area contributed by atoms with Crippen LogP contribution in [0.4, 0.5) is 0 Å². The van der Waals surface area contributed by atoms with Crippen molar-refractivity contribution in [2.45, 2.75) is 31.7 Å². The van der Waals surface area contributed by atoms with E-state index in [0.29, 0.717) is 0 Å². The molecule has 3 N–H and O–H groups in total. The van der Waals surface area contributed by atoms with Gasteiger partial charge in [-0.05, 0) is 31.2 Å². The summed E-state index contributed by atoms with van der Waals surface area (Å²) in [5, 5.41) is 22.4. The summed E-state index contributed by atoms with van der Waals surface area (Å²) in [6.07, 6.45) is 4.36. The lowest BCUT2D eigenvalue weighted by Crippen LogP contribution is -2.40. The second kappa shape index (κ2) is 5.62. The molecule has 0 bridgehead atoms. The van der Waals surface area contributed by atoms with Crippen LogP contribution in [0.15, 0.2) is 5.38 Å². The predicted molar refractivity (Wildman–Crippen MR) is 66.4 cm³/mol. The molecule has 0 spiro atoms. The van der Waals surface area contributed by atoms with E-state index in [-0.39, 0.29) is 19.1 Å². The Morgan fingerprint density at radius 3 is 2.76 bits per heavy atom. The summed E-state index contributed by atoms with van der Waals surface area (Å²) in [6, 6.07) is -0.568. The Morgan fingerprint density at radius 1 is 1.35 bits per heavy atom. The Balaban J connectivity index is 2.11. The van der Waals surface area contributed by atoms with Crippen molar-refractivity contribution < 1.29 is 15.0 Å². The van der Waals surface area contributed by atoms with Gasteiger partial charge in [0.15, 0.2) is 0 Å². The van der Waals surface area contributed by atoms with Gasteiger partial charge in [-0.25, -0.2) is 0 Å². The largest absolute Gasteiger partial charge is 0.394 e. The van der Waals surface area contributed by atoms with Crippen LogP contribution in [0.3, 0.4) is 0 Å². The summed E-state index contributed by atoms with van der Waals surface area (Å²) < 4.78 is 0. The molecule has 0 saturated heterocycles. The molecule has 1 aliphatic rings. The highest BCUT2D eigenvalue weighted by molar-refractivity contribution is 7.10. The van der Waals surface area contributed by atoms with Crippen LogP contribution in [0.25, 0.3) is 0 Å². The zero-order chi connectivity index (χ0) is 12.3. The van der Waals surface area contributed by atoms with E-state index in [1.807, 2.05) is 5.38 Å². The molecule has 17 heavy (non-hydrogen) atoms. The molecule has 0 aliphatic heterocycles. The monoisotopic (exact) mass is 255 g/mol. The van der Waals surface area contributed by atoms with Crippen molar-refractivity contribution in [3.63, 3.8) is 0 Å². The maximum absolute atomic E-state index is 12.0. The van der Waals surface area contributed by atoms with Gasteiger partial charge in [-0.2, -0.15) is 0 Å². The van der Waals surface area contributed by atoms with Crippen LogP contribution in [-0.2, 0) is 12.8 Å². The second-order valence-corrected chi connectivity index (χ2v) is 5.26. The lowest BCUT2D eigenvalue weighted by atomic mass is 9.95. The van der Waals surface area contributed by atoms with Crippen LogP contribution in [0.1, 0.15) is 33.6 Å². The molecule has 94 valence electrons. The molecule has 0 radical (unpaired) electrons. The van der Waals surface area contributed by atoms with Gasteiger partial charge in [-0.15, -0.1) is 11.3 Å². The highest BCUT2D eigenvalue weighted by Crippen LogP contribution is 2.30. The average molecular weight is 255 g/mol. The fourth-order valence-electron chi connectivity index (χ4n) is 2.10. The van der Waals surface area contributed by atoms with Gasteiger partial charge in [0.1, 0.15) is 0 Å². The number of nitrogens with one attached hydrogen (secondary N) is 1. The van der Waals surface area contributed by atoms with Crippen molar-refractivity contribution in [1.29, 1.82) is 0 Å². The van der Waals surface area contributed by atoms with E-state index < -0.39 is 6.04 Å². The molecule has 0 fully saturated rings. The van der Waals surface area contributed by atoms with E-state index in [1.165, 1.54) is 11.3 Å². The van der Waals surface area contributed by atoms with Crippen LogP contribution in [0.2, 0.25) is 0 Å². The molecule has 1 heterocycles. The Kier molecular flexibility index (Phi) is 4.15. The van der Waals surface area contributed by atoms with E-state index in [2.05, 4.69) is 5.32 Å². The highest BCUT2D eigenvalue weighted by atomic mass is 32.1. The van der Waals surface area contributed by atoms with Gasteiger partial charge in [-0.1, -0.05) is 0 Å². The Morgan fingerprint density at radius 2 is 2.06 bits per heavy atom. The molecule has 2 rings (SSSR count). The number of aliphatic hydroxyl groups excluding tert-OH is 2. The first-order valence-corrected chi connectivity index (χ1v) is 6.76. The van der Waals surface area contributed by atoms with Gasteiger partial charge in [0.05, 0.1) is 24.8 Å². The van der Waals surface area contributed by atoms with Gasteiger partial charge >= 0.3 is 0 Å². The summed E-state index contributed by atoms with van der Waals surface area (Å²) in [5.41, 5.74) is 1.88. The number of fused-ring (bicyclic) bond motifs is 1. The number of amides is 1. The van der Waals surface area contributed by atoms with E-state index in [9.17, 15) is 4.79 Å². The summed E-state index contributed by atoms with van der Waals surface area (Å²) in [6.45, 7) is -0.483. The minimum atomic E-state index is -0.568. The zero-order valence-electron chi connectivity index (χ0n) is 9.61. The van der Waals surface area contributed by atoms with Crippen molar-refractivity contribution in [3.05, 3.63) is 21.4 Å². The third-order valence-corrected chi connectivity index (χ3v) is 4.17. The normalized spacial score (nSPS) is 14.8. The molecular formula is C12H17NO3S. The first-order chi connectivity index (χ1) is 8.26. The average Bonchev–Trinajstić information content (AvgIpc) is 2.79. The number of aryl methyl sites for hydroxylation is 1. The number of hydrogen-bond acceptors (Lipinski definition) is 4. The molecule has 1 amide bonds. The standard InChI is InChI=1S/C12H17NO3S/c14-5-8(6-15)13-12(16)10-7-17-11-4-2-1-3-9(10)11/h7-8,14-15H,1-6H2,(H,13,16). The maximum Gasteiger partial charge on any atom is 0.252 e. The quantitative estimate of drug-likeness (QED) is 0.742. The van der Waals surface area contributed by atoms with Crippen molar-refractivity contribution in [2.24, 2.45) is 0 Å². The van der Waals surface area contributed by atoms with E-state index >= 15 is 0 Å². The summed E-state index contributed by atoms with van der Waals surface area (Å²) in [7, 11) is 0. The molecule has 5 heteroatoms. The molecule has 0 atom stereocenters. The number of aliphatic hydroxyl groups is 2. The van der Waals surface area contributed by atoms with Crippen LogP contribution >= 0.6 is 11.3 Å². The highest BCUT2D eigenvalue weighted by Gasteiger charge is 2.21. The van der Waals surface area contributed by atoms with Crippen LogP contribution in [-0.4, -0.2) is 35.4 Å². The molecule has 1 aromatic heterocycles. The number of rotatable bonds is 4. The molecular weight excluding hydrogens is 238 g/mol. The predicted octanol–water partition coefficient (Wildman–Crippen LogP) is 0.710. The van der Waals surface area contributed by atoms with Crippen LogP contribution in [0, 0.1) is 0 Å². The van der Waals surface area contributed by atoms with Gasteiger partial charge in [0.25, 0.3) is 5.91 Å². The Labute approximate surface area is 104 Å². The second-order valence-electron chi connectivity index (χ2n) is 4.29. The maximum atomic E-state index is 12.0. The number of hydrogen-bond donors (Lipinski definition) is 3. The third-order valence-electron chi connectivity index (χ3n) is 3.08. The fraction of sp³-hybridized carbons (Fsp3) is 0.583. The molecule has 0 unspecified atom stereocenters. The smallest absolute Gasteiger partial charge is 0.252 e. The van der Waals surface area contributed by atoms with E-state index in [1.54, 1.807) is 11.3 Å². The minimum absolute atomic E-state index is 0.183. The summed E-state index contributed by atoms with van der Waals surface area (Å²) >= 11 is 1.64. The first kappa shape index (κ1) is 12.5. The minimum Gasteiger partial charge on any atom is -0.394 e. The molecule has 0 saturated carbocycles. The molecule has 0 aromatic carbocycles. The van der Waals surface area contributed by atoms with Crippen molar-refractivity contribution in [2.75, 3.05) is 13.2 Å². The summed E-state index contributed by atoms with van der Waals surface area (Å²) in [5.74, 6) is -0.183. The van der Waals surface area contributed by atoms with Crippen LogP contribution < -0.4 is 5.32 Å². The topological polar surface area (TPSA) is 69.6 Å². The van der Waals surface area contributed by atoms with Crippen molar-refractivity contribution >= 4 is 17.2 Å². The lowest BCUT2D eigenvalue weighted by Gasteiger charge is -2.15. The SMILES string of the molecule is O=C(NC(CO)CO)c1csc2c1CCCC2. The molecule has 4 nitrogen and oxygen atoms in total. The zero-order valence-corrected chi connectivity index (χ0v) is 10.4. The molecule has 1 aliphatic carbocycles. The number of carbonyl (C=O) groups is 1. The lowest BCUT2D eigenvalue weighted by molar-refractivity contribution is 0.0878. The van der Waals surface area contributed by atoms with E-state index in [0.717, 1.165) is 30.4 Å². The van der Waals surface area contributed by atoms with Crippen molar-refractivity contribution in [1.82, 2.24) is 5.32 Å². The number of carbonyl (C=O) groups excluding carboxylic acids is 1. The van der Waals surface area contributed by atoms with Gasteiger partial charge in [0, 0.05) is 10.3 Å². The Hall–Kier alpha value is -0.910. The van der Waals surface area contributed by atoms with Gasteiger partial charge in [-0.3, -0.25) is 4.79 Å². The van der Waals surface area contributed by atoms with Crippen LogP contribution in [0.5, 0.6) is 0 Å². The first-order valence-electron chi connectivity index (χ1n) is 5.88. The molecule has 1 aromatic rings. The number of thiophene rings is 1. The van der Waals surface area contributed by atoms with Gasteiger partial charge < -0.3 is 15.5 Å².